The molecule has 0 spiro atoms. The third-order valence-electron chi connectivity index (χ3n) is 4.90. The number of rotatable bonds is 6. The molecule has 0 bridgehead atoms. The predicted octanol–water partition coefficient (Wildman–Crippen LogP) is 1.53. The summed E-state index contributed by atoms with van der Waals surface area (Å²) in [7, 11) is 0. The molecule has 2 aromatic heterocycles. The first-order chi connectivity index (χ1) is 15.3. The summed E-state index contributed by atoms with van der Waals surface area (Å²) in [4.78, 5) is 47.7. The first kappa shape index (κ1) is 22.0. The summed E-state index contributed by atoms with van der Waals surface area (Å²) in [5.41, 5.74) is 4.84. The molecule has 0 aliphatic carbocycles. The minimum Gasteiger partial charge on any atom is -0.477 e. The number of hydrogen-bond acceptors (Lipinski definition) is 10. The topological polar surface area (TPSA) is 171 Å². The molecule has 5 N–H and O–H groups in total. The van der Waals surface area contributed by atoms with Gasteiger partial charge in [-0.05, 0) is 25.0 Å². The van der Waals surface area contributed by atoms with Gasteiger partial charge in [-0.1, -0.05) is 39.9 Å². The molecule has 1 saturated heterocycles. The Bertz CT molecular complexity index is 1170. The number of allylic oxidation sites excluding steroid dienone is 1. The fraction of sp³-hybridized carbons (Fsp3) is 0.222. The van der Waals surface area contributed by atoms with Crippen LogP contribution < -0.4 is 11.1 Å². The lowest BCUT2D eigenvalue weighted by atomic mass is 9.86. The number of nitrogens with two attached hydrogens (primary N) is 1. The molecule has 2 unspecified atom stereocenters. The van der Waals surface area contributed by atoms with E-state index in [0.29, 0.717) is 17.7 Å². The molecule has 32 heavy (non-hydrogen) atoms. The number of halogens is 1. The molecule has 0 saturated carbocycles. The number of aliphatic carboxylic acids is 1. The van der Waals surface area contributed by atoms with Gasteiger partial charge in [0, 0.05) is 22.2 Å². The van der Waals surface area contributed by atoms with Gasteiger partial charge in [-0.25, -0.2) is 9.78 Å². The van der Waals surface area contributed by atoms with Gasteiger partial charge in [-0.2, -0.15) is 0 Å². The molecule has 4 heterocycles. The number of pyridine rings is 1. The fourth-order valence-electron chi connectivity index (χ4n) is 3.55. The molecule has 4 rings (SSSR count). The van der Waals surface area contributed by atoms with Crippen LogP contribution in [0.4, 0.5) is 5.13 Å². The molecule has 0 radical (unpaired) electrons. The fourth-order valence-corrected chi connectivity index (χ4v) is 5.53. The van der Waals surface area contributed by atoms with Crippen molar-refractivity contribution in [3.05, 3.63) is 45.2 Å². The zero-order valence-corrected chi connectivity index (χ0v) is 18.4. The Morgan fingerprint density at radius 2 is 2.22 bits per heavy atom. The van der Waals surface area contributed by atoms with Crippen molar-refractivity contribution in [2.45, 2.75) is 29.8 Å². The van der Waals surface area contributed by atoms with E-state index in [9.17, 15) is 24.7 Å². The second-order valence-corrected chi connectivity index (χ2v) is 9.56. The minimum absolute atomic E-state index is 0.0536. The minimum atomic E-state index is -1.23. The summed E-state index contributed by atoms with van der Waals surface area (Å²) >= 11 is 8.11. The molecule has 2 amide bonds. The average molecular weight is 495 g/mol. The maximum absolute atomic E-state index is 12.8. The van der Waals surface area contributed by atoms with Crippen LogP contribution in [0.1, 0.15) is 18.5 Å². The average Bonchev–Trinajstić information content (AvgIpc) is 3.10. The van der Waals surface area contributed by atoms with Gasteiger partial charge in [-0.15, -0.1) is 0 Å². The van der Waals surface area contributed by atoms with Gasteiger partial charge in [0.05, 0.1) is 6.04 Å². The molecule has 0 aromatic carbocycles. The smallest absolute Gasteiger partial charge is 0.353 e. The summed E-state index contributed by atoms with van der Waals surface area (Å²) in [6.07, 6.45) is 4.05. The van der Waals surface area contributed by atoms with Crippen molar-refractivity contribution in [2.24, 2.45) is 5.16 Å². The van der Waals surface area contributed by atoms with Gasteiger partial charge in [0.2, 0.25) is 0 Å². The van der Waals surface area contributed by atoms with Gasteiger partial charge in [-0.3, -0.25) is 19.5 Å². The Morgan fingerprint density at radius 1 is 1.44 bits per heavy atom. The van der Waals surface area contributed by atoms with Crippen LogP contribution in [-0.4, -0.2) is 60.8 Å². The van der Waals surface area contributed by atoms with Gasteiger partial charge in [0.25, 0.3) is 11.8 Å². The lowest BCUT2D eigenvalue weighted by molar-refractivity contribution is -0.155. The van der Waals surface area contributed by atoms with Crippen molar-refractivity contribution < 1.29 is 24.7 Å². The number of amides is 2. The maximum Gasteiger partial charge on any atom is 0.353 e. The highest BCUT2D eigenvalue weighted by atomic mass is 35.5. The summed E-state index contributed by atoms with van der Waals surface area (Å²) in [5.74, 6) is -2.69. The van der Waals surface area contributed by atoms with E-state index in [1.807, 2.05) is 0 Å². The van der Waals surface area contributed by atoms with Crippen LogP contribution in [-0.2, 0) is 14.4 Å². The van der Waals surface area contributed by atoms with E-state index in [2.05, 4.69) is 20.4 Å². The number of nitrogens with one attached hydrogen (secondary N) is 1. The number of nitrogens with zero attached hydrogens (tertiary/aromatic N) is 4. The normalized spacial score (nSPS) is 20.6. The molecule has 2 aliphatic heterocycles. The van der Waals surface area contributed by atoms with Crippen molar-refractivity contribution >= 4 is 63.3 Å². The predicted molar refractivity (Wildman–Crippen MR) is 116 cm³/mol. The number of hydrogen-bond donors (Lipinski definition) is 4. The highest BCUT2D eigenvalue weighted by Crippen LogP contribution is 2.43. The van der Waals surface area contributed by atoms with Gasteiger partial charge in [0.15, 0.2) is 10.8 Å². The van der Waals surface area contributed by atoms with Crippen LogP contribution in [0.2, 0.25) is 4.34 Å². The Labute approximate surface area is 194 Å². The summed E-state index contributed by atoms with van der Waals surface area (Å²) in [6.45, 7) is 0. The third-order valence-corrected chi connectivity index (χ3v) is 7.10. The molecule has 14 heteroatoms. The van der Waals surface area contributed by atoms with Crippen molar-refractivity contribution in [3.8, 4) is 0 Å². The first-order valence-electron chi connectivity index (χ1n) is 9.14. The van der Waals surface area contributed by atoms with Crippen LogP contribution in [0.25, 0.3) is 0 Å². The van der Waals surface area contributed by atoms with E-state index in [1.54, 1.807) is 24.5 Å². The second kappa shape index (κ2) is 8.76. The molecular formula is C18H15ClN6O5S2. The number of anilines is 1. The molecule has 2 aliphatic rings. The molecule has 2 aromatic rings. The number of nitrogen functional groups attached to an aromatic ring is 1. The number of carboxylic acids is 1. The van der Waals surface area contributed by atoms with E-state index in [4.69, 9.17) is 17.3 Å². The number of fused-ring (bicyclic) bond motifs is 1. The second-order valence-electron chi connectivity index (χ2n) is 6.76. The maximum atomic E-state index is 12.8. The van der Waals surface area contributed by atoms with Crippen LogP contribution >= 0.6 is 34.7 Å². The lowest BCUT2D eigenvalue weighted by Crippen LogP contribution is -2.72. The Hall–Kier alpha value is -3.16. The number of aromatic nitrogens is 2. The Balaban J connectivity index is 1.53. The first-order valence-corrected chi connectivity index (χ1v) is 11.2. The molecule has 1 fully saturated rings. The largest absolute Gasteiger partial charge is 0.477 e. The monoisotopic (exact) mass is 494 g/mol. The zero-order valence-electron chi connectivity index (χ0n) is 16.1. The zero-order chi connectivity index (χ0) is 23.0. The number of carboxylic acid groups (broad SMARTS) is 1. The van der Waals surface area contributed by atoms with Crippen molar-refractivity contribution in [3.63, 3.8) is 0 Å². The van der Waals surface area contributed by atoms with Crippen LogP contribution in [0.5, 0.6) is 0 Å². The molecule has 166 valence electrons. The van der Waals surface area contributed by atoms with Crippen molar-refractivity contribution in [1.82, 2.24) is 20.2 Å². The molecular weight excluding hydrogens is 480 g/mol. The molecule has 2 atom stereocenters. The highest BCUT2D eigenvalue weighted by Gasteiger charge is 2.53. The van der Waals surface area contributed by atoms with E-state index in [1.165, 1.54) is 16.7 Å². The van der Waals surface area contributed by atoms with E-state index in [-0.39, 0.29) is 20.9 Å². The number of thioether (sulfide) groups is 1. The van der Waals surface area contributed by atoms with Crippen LogP contribution in [0, 0.1) is 0 Å². The van der Waals surface area contributed by atoms with Crippen molar-refractivity contribution in [1.29, 1.82) is 0 Å². The third kappa shape index (κ3) is 3.89. The van der Waals surface area contributed by atoms with Crippen LogP contribution in [0.15, 0.2) is 45.2 Å². The number of carbonyl (C=O) groups excluding carboxylic acids is 2. The summed E-state index contributed by atoms with van der Waals surface area (Å²) in [5, 5.41) is 24.5. The highest BCUT2D eigenvalue weighted by molar-refractivity contribution is 8.03. The van der Waals surface area contributed by atoms with E-state index in [0.717, 1.165) is 16.2 Å². The summed E-state index contributed by atoms with van der Waals surface area (Å²) < 4.78 is 0.0536. The number of carbonyl (C=O) groups is 3. The number of oxime groups is 1. The Morgan fingerprint density at radius 3 is 2.81 bits per heavy atom. The SMILES string of the molecule is Nc1nc(C(=NO)C(=O)NC2C(=O)N3C(C(=O)O)=C(Sc4cccnc4)CCC23)c(Cl)s1. The quantitative estimate of drug-likeness (QED) is 0.201. The summed E-state index contributed by atoms with van der Waals surface area (Å²) in [6, 6.07) is 2.00. The standard InChI is InChI=1S/C18H15ClN6O5S2/c19-14-11(23-18(20)32-14)12(24-30)15(26)22-10-8-3-4-9(31-7-2-1-5-21-6-7)13(17(28)29)25(8)16(10)27/h1-2,5-6,8,10,30H,3-4H2,(H2,20,23)(H,22,26)(H,28,29). The van der Waals surface area contributed by atoms with E-state index < -0.39 is 35.6 Å². The number of thiazole rings is 1. The Kier molecular flexibility index (Phi) is 6.04. The van der Waals surface area contributed by atoms with Gasteiger partial charge < -0.3 is 21.4 Å². The lowest BCUT2D eigenvalue weighted by Gasteiger charge is -2.50. The molecule has 11 nitrogen and oxygen atoms in total. The van der Waals surface area contributed by atoms with Gasteiger partial charge >= 0.3 is 5.97 Å². The number of β-lactam (4-membered cyclic amide) rings is 1. The van der Waals surface area contributed by atoms with Gasteiger partial charge in [0.1, 0.15) is 21.8 Å². The van der Waals surface area contributed by atoms with Crippen LogP contribution in [0.3, 0.4) is 0 Å². The van der Waals surface area contributed by atoms with Crippen molar-refractivity contribution in [2.75, 3.05) is 5.73 Å². The van der Waals surface area contributed by atoms with E-state index >= 15 is 0 Å².